The molecule has 1 amide bonds. The molecule has 1 aromatic rings. The summed E-state index contributed by atoms with van der Waals surface area (Å²) in [7, 11) is 1.64. The zero-order valence-corrected chi connectivity index (χ0v) is 11.7. The molecule has 0 atom stereocenters. The molecule has 0 aliphatic heterocycles. The smallest absolute Gasteiger partial charge is 0.254 e. The van der Waals surface area contributed by atoms with Crippen molar-refractivity contribution < 1.29 is 13.9 Å². The quantitative estimate of drug-likeness (QED) is 0.927. The number of carbonyl (C=O) groups is 1. The minimum atomic E-state index is -0.526. The van der Waals surface area contributed by atoms with Gasteiger partial charge in [-0.15, -0.1) is 0 Å². The second kappa shape index (κ2) is 5.36. The molecule has 0 saturated heterocycles. The maximum Gasteiger partial charge on any atom is 0.254 e. The van der Waals surface area contributed by atoms with Crippen LogP contribution in [-0.4, -0.2) is 25.2 Å². The van der Waals surface area contributed by atoms with Gasteiger partial charge in [0.25, 0.3) is 5.91 Å². The highest BCUT2D eigenvalue weighted by molar-refractivity contribution is 9.10. The summed E-state index contributed by atoms with van der Waals surface area (Å²) in [4.78, 5) is 11.9. The number of nitrogens with one attached hydrogen (secondary N) is 1. The Kier molecular flexibility index (Phi) is 4.02. The lowest BCUT2D eigenvalue weighted by Crippen LogP contribution is -2.49. The molecule has 0 heterocycles. The molecule has 3 nitrogen and oxygen atoms in total. The molecule has 1 aliphatic rings. The second-order valence-electron chi connectivity index (χ2n) is 4.55. The molecule has 0 bridgehead atoms. The molecule has 5 heteroatoms. The Bertz CT molecular complexity index is 455. The number of hydrogen-bond acceptors (Lipinski definition) is 2. The first kappa shape index (κ1) is 13.5. The fourth-order valence-electron chi connectivity index (χ4n) is 2.03. The Labute approximate surface area is 114 Å². The van der Waals surface area contributed by atoms with Crippen LogP contribution in [0.15, 0.2) is 22.7 Å². The average Bonchev–Trinajstić information content (AvgIpc) is 2.27. The van der Waals surface area contributed by atoms with Gasteiger partial charge in [-0.05, 0) is 37.5 Å². The molecular formula is C13H15BrFNO2. The minimum absolute atomic E-state index is 0.0591. The number of carbonyl (C=O) groups excluding carboxylic acids is 1. The van der Waals surface area contributed by atoms with E-state index in [0.29, 0.717) is 11.0 Å². The van der Waals surface area contributed by atoms with E-state index in [4.69, 9.17) is 4.74 Å². The van der Waals surface area contributed by atoms with Crippen LogP contribution in [0.1, 0.15) is 29.6 Å². The van der Waals surface area contributed by atoms with Gasteiger partial charge in [0, 0.05) is 18.1 Å². The van der Waals surface area contributed by atoms with E-state index in [-0.39, 0.29) is 11.2 Å². The molecular weight excluding hydrogens is 301 g/mol. The molecule has 0 radical (unpaired) electrons. The molecule has 98 valence electrons. The first-order valence-electron chi connectivity index (χ1n) is 5.85. The monoisotopic (exact) mass is 315 g/mol. The van der Waals surface area contributed by atoms with E-state index in [1.807, 2.05) is 0 Å². The zero-order chi connectivity index (χ0) is 13.2. The summed E-state index contributed by atoms with van der Waals surface area (Å²) in [6.07, 6.45) is 2.98. The fourth-order valence-corrected chi connectivity index (χ4v) is 2.37. The molecule has 0 aromatic heterocycles. The van der Waals surface area contributed by atoms with Gasteiger partial charge in [0.2, 0.25) is 0 Å². The van der Waals surface area contributed by atoms with Crippen LogP contribution in [0.2, 0.25) is 0 Å². The maximum absolute atomic E-state index is 13.6. The highest BCUT2D eigenvalue weighted by Crippen LogP contribution is 2.34. The molecule has 1 N–H and O–H groups in total. The largest absolute Gasteiger partial charge is 0.376 e. The second-order valence-corrected chi connectivity index (χ2v) is 5.46. The predicted octanol–water partition coefficient (Wildman–Crippen LogP) is 2.89. The first-order valence-corrected chi connectivity index (χ1v) is 6.64. The van der Waals surface area contributed by atoms with E-state index >= 15 is 0 Å². The summed E-state index contributed by atoms with van der Waals surface area (Å²) in [5.74, 6) is -0.926. The Balaban J connectivity index is 1.99. The summed E-state index contributed by atoms with van der Waals surface area (Å²) in [5.41, 5.74) is -0.189. The molecule has 1 saturated carbocycles. The fraction of sp³-hybridized carbons (Fsp3) is 0.462. The Hall–Kier alpha value is -0.940. The van der Waals surface area contributed by atoms with Gasteiger partial charge in [0.15, 0.2) is 0 Å². The van der Waals surface area contributed by atoms with Crippen LogP contribution in [0.3, 0.4) is 0 Å². The highest BCUT2D eigenvalue weighted by Gasteiger charge is 2.37. The molecule has 1 fully saturated rings. The lowest BCUT2D eigenvalue weighted by Gasteiger charge is -2.40. The maximum atomic E-state index is 13.6. The summed E-state index contributed by atoms with van der Waals surface area (Å²) >= 11 is 3.16. The summed E-state index contributed by atoms with van der Waals surface area (Å²) < 4.78 is 19.6. The van der Waals surface area contributed by atoms with Crippen LogP contribution < -0.4 is 5.32 Å². The van der Waals surface area contributed by atoms with Gasteiger partial charge in [-0.25, -0.2) is 4.39 Å². The molecule has 0 spiro atoms. The number of rotatable bonds is 4. The summed E-state index contributed by atoms with van der Waals surface area (Å²) in [6, 6.07) is 4.40. The van der Waals surface area contributed by atoms with Crippen LogP contribution in [-0.2, 0) is 4.74 Å². The van der Waals surface area contributed by atoms with E-state index in [2.05, 4.69) is 21.2 Å². The van der Waals surface area contributed by atoms with Crippen molar-refractivity contribution in [2.45, 2.75) is 24.9 Å². The van der Waals surface area contributed by atoms with Gasteiger partial charge in [-0.3, -0.25) is 4.79 Å². The Morgan fingerprint density at radius 3 is 2.78 bits per heavy atom. The van der Waals surface area contributed by atoms with Gasteiger partial charge in [-0.2, -0.15) is 0 Å². The number of methoxy groups -OCH3 is 1. The van der Waals surface area contributed by atoms with E-state index in [9.17, 15) is 9.18 Å². The van der Waals surface area contributed by atoms with Gasteiger partial charge in [-0.1, -0.05) is 15.9 Å². The predicted molar refractivity (Wildman–Crippen MR) is 70.0 cm³/mol. The number of hydrogen-bond donors (Lipinski definition) is 1. The van der Waals surface area contributed by atoms with Gasteiger partial charge in [0.1, 0.15) is 5.82 Å². The third-order valence-corrected chi connectivity index (χ3v) is 3.94. The SMILES string of the molecule is COC1(CNC(=O)c2ccc(Br)cc2F)CCC1. The van der Waals surface area contributed by atoms with Crippen molar-refractivity contribution in [3.05, 3.63) is 34.1 Å². The summed E-state index contributed by atoms with van der Waals surface area (Å²) in [6.45, 7) is 0.428. The Morgan fingerprint density at radius 2 is 2.28 bits per heavy atom. The first-order chi connectivity index (χ1) is 8.56. The standard InChI is InChI=1S/C13H15BrFNO2/c1-18-13(5-2-6-13)8-16-12(17)10-4-3-9(14)7-11(10)15/h3-4,7H,2,5-6,8H2,1H3,(H,16,17). The van der Waals surface area contributed by atoms with Gasteiger partial charge >= 0.3 is 0 Å². The van der Waals surface area contributed by atoms with E-state index < -0.39 is 11.7 Å². The van der Waals surface area contributed by atoms with E-state index in [1.54, 1.807) is 13.2 Å². The van der Waals surface area contributed by atoms with Crippen molar-refractivity contribution in [2.75, 3.05) is 13.7 Å². The van der Waals surface area contributed by atoms with Gasteiger partial charge in [0.05, 0.1) is 11.2 Å². The number of halogens is 2. The molecule has 1 aliphatic carbocycles. The highest BCUT2D eigenvalue weighted by atomic mass is 79.9. The van der Waals surface area contributed by atoms with Crippen molar-refractivity contribution in [3.63, 3.8) is 0 Å². The molecule has 1 aromatic carbocycles. The van der Waals surface area contributed by atoms with Crippen molar-refractivity contribution in [1.29, 1.82) is 0 Å². The minimum Gasteiger partial charge on any atom is -0.376 e. The van der Waals surface area contributed by atoms with Crippen molar-refractivity contribution in [2.24, 2.45) is 0 Å². The van der Waals surface area contributed by atoms with Crippen LogP contribution in [0.25, 0.3) is 0 Å². The van der Waals surface area contributed by atoms with E-state index in [0.717, 1.165) is 19.3 Å². The lowest BCUT2D eigenvalue weighted by atomic mass is 9.80. The Morgan fingerprint density at radius 1 is 1.56 bits per heavy atom. The zero-order valence-electron chi connectivity index (χ0n) is 10.1. The average molecular weight is 316 g/mol. The van der Waals surface area contributed by atoms with Crippen LogP contribution in [0.4, 0.5) is 4.39 Å². The third kappa shape index (κ3) is 2.72. The molecule has 18 heavy (non-hydrogen) atoms. The summed E-state index contributed by atoms with van der Waals surface area (Å²) in [5, 5.41) is 2.73. The van der Waals surface area contributed by atoms with E-state index in [1.165, 1.54) is 12.1 Å². The van der Waals surface area contributed by atoms with Crippen molar-refractivity contribution >= 4 is 21.8 Å². The van der Waals surface area contributed by atoms with Gasteiger partial charge < -0.3 is 10.1 Å². The lowest BCUT2D eigenvalue weighted by molar-refractivity contribution is -0.0679. The number of benzene rings is 1. The molecule has 2 rings (SSSR count). The van der Waals surface area contributed by atoms with Crippen molar-refractivity contribution in [3.8, 4) is 0 Å². The van der Waals surface area contributed by atoms with Crippen LogP contribution in [0.5, 0.6) is 0 Å². The number of amides is 1. The third-order valence-electron chi connectivity index (χ3n) is 3.44. The topological polar surface area (TPSA) is 38.3 Å². The number of ether oxygens (including phenoxy) is 1. The van der Waals surface area contributed by atoms with Crippen molar-refractivity contribution in [1.82, 2.24) is 5.32 Å². The van der Waals surface area contributed by atoms with Crippen LogP contribution in [0, 0.1) is 5.82 Å². The van der Waals surface area contributed by atoms with Crippen LogP contribution >= 0.6 is 15.9 Å². The molecule has 0 unspecified atom stereocenters. The normalized spacial score (nSPS) is 17.1.